The zero-order valence-electron chi connectivity index (χ0n) is 9.86. The number of hydrogen-bond acceptors (Lipinski definition) is 1. The molecule has 1 aromatic carbocycles. The van der Waals surface area contributed by atoms with Gasteiger partial charge in [0.2, 0.25) is 0 Å². The van der Waals surface area contributed by atoms with Crippen LogP contribution in [0.1, 0.15) is 29.6 Å². The molecule has 1 rings (SSSR count). The summed E-state index contributed by atoms with van der Waals surface area (Å²) in [5.74, 6) is -1.30. The lowest BCUT2D eigenvalue weighted by atomic mass is 10.2. The molecule has 0 unspecified atom stereocenters. The Morgan fingerprint density at radius 3 is 2.58 bits per heavy atom. The summed E-state index contributed by atoms with van der Waals surface area (Å²) >= 11 is 3.11. The Morgan fingerprint density at radius 2 is 1.95 bits per heavy atom. The standard InChI is InChI=1S/C12H12BrF4NO/c13-8-3-4-10(14)9(7-8)11(19)18-6-2-1-5-12(15,16)17/h3-4,7H,1-2,5-6H2,(H,18,19). The summed E-state index contributed by atoms with van der Waals surface area (Å²) in [5.41, 5.74) is -0.134. The van der Waals surface area contributed by atoms with Gasteiger partial charge in [-0.15, -0.1) is 0 Å². The van der Waals surface area contributed by atoms with Crippen molar-refractivity contribution in [3.63, 3.8) is 0 Å². The predicted octanol–water partition coefficient (Wildman–Crippen LogP) is 4.05. The van der Waals surface area contributed by atoms with Gasteiger partial charge in [-0.05, 0) is 31.0 Å². The molecule has 0 saturated heterocycles. The number of amides is 1. The van der Waals surface area contributed by atoms with E-state index in [-0.39, 0.29) is 24.9 Å². The van der Waals surface area contributed by atoms with E-state index in [1.165, 1.54) is 12.1 Å². The Hall–Kier alpha value is -1.11. The van der Waals surface area contributed by atoms with Crippen LogP contribution in [0.2, 0.25) is 0 Å². The first-order valence-corrected chi connectivity index (χ1v) is 6.39. The van der Waals surface area contributed by atoms with Crippen LogP contribution in [0.15, 0.2) is 22.7 Å². The summed E-state index contributed by atoms with van der Waals surface area (Å²) in [4.78, 5) is 11.6. The highest BCUT2D eigenvalue weighted by atomic mass is 79.9. The average molecular weight is 342 g/mol. The molecule has 19 heavy (non-hydrogen) atoms. The molecule has 0 aliphatic carbocycles. The molecule has 0 aromatic heterocycles. The van der Waals surface area contributed by atoms with Crippen LogP contribution in [0, 0.1) is 5.82 Å². The highest BCUT2D eigenvalue weighted by Crippen LogP contribution is 2.22. The van der Waals surface area contributed by atoms with E-state index >= 15 is 0 Å². The maximum atomic E-state index is 13.3. The van der Waals surface area contributed by atoms with Gasteiger partial charge in [0.1, 0.15) is 5.82 Å². The van der Waals surface area contributed by atoms with E-state index in [1.807, 2.05) is 0 Å². The van der Waals surface area contributed by atoms with E-state index < -0.39 is 24.3 Å². The van der Waals surface area contributed by atoms with Gasteiger partial charge in [0, 0.05) is 17.4 Å². The topological polar surface area (TPSA) is 29.1 Å². The lowest BCUT2D eigenvalue weighted by molar-refractivity contribution is -0.135. The molecule has 1 amide bonds. The molecule has 1 N–H and O–H groups in total. The highest BCUT2D eigenvalue weighted by molar-refractivity contribution is 9.10. The fraction of sp³-hybridized carbons (Fsp3) is 0.417. The van der Waals surface area contributed by atoms with Gasteiger partial charge < -0.3 is 5.32 Å². The van der Waals surface area contributed by atoms with Crippen LogP contribution < -0.4 is 5.32 Å². The Bertz CT molecular complexity index is 448. The smallest absolute Gasteiger partial charge is 0.352 e. The van der Waals surface area contributed by atoms with Gasteiger partial charge in [0.25, 0.3) is 5.91 Å². The molecule has 0 fully saturated rings. The SMILES string of the molecule is O=C(NCCCCC(F)(F)F)c1cc(Br)ccc1F. The van der Waals surface area contributed by atoms with E-state index in [2.05, 4.69) is 21.2 Å². The van der Waals surface area contributed by atoms with Gasteiger partial charge in [-0.25, -0.2) is 4.39 Å². The molecule has 0 saturated carbocycles. The molecule has 0 atom stereocenters. The number of nitrogens with one attached hydrogen (secondary N) is 1. The number of carbonyl (C=O) groups excluding carboxylic acids is 1. The fourth-order valence-corrected chi connectivity index (χ4v) is 1.78. The van der Waals surface area contributed by atoms with Crippen LogP contribution in [0.5, 0.6) is 0 Å². The van der Waals surface area contributed by atoms with Crippen LogP contribution in [-0.2, 0) is 0 Å². The van der Waals surface area contributed by atoms with Gasteiger partial charge in [0.15, 0.2) is 0 Å². The van der Waals surface area contributed by atoms with Crippen molar-refractivity contribution in [2.24, 2.45) is 0 Å². The summed E-state index contributed by atoms with van der Waals surface area (Å²) < 4.78 is 49.5. The van der Waals surface area contributed by atoms with Crippen LogP contribution in [0.25, 0.3) is 0 Å². The fourth-order valence-electron chi connectivity index (χ4n) is 1.42. The lowest BCUT2D eigenvalue weighted by Gasteiger charge is -2.08. The minimum absolute atomic E-state index is 0.0647. The van der Waals surface area contributed by atoms with Crippen LogP contribution in [0.3, 0.4) is 0 Å². The Labute approximate surface area is 116 Å². The number of halogens is 5. The van der Waals surface area contributed by atoms with Gasteiger partial charge in [-0.3, -0.25) is 4.79 Å². The maximum absolute atomic E-state index is 13.3. The average Bonchev–Trinajstić information content (AvgIpc) is 2.30. The van der Waals surface area contributed by atoms with E-state index in [0.29, 0.717) is 4.47 Å². The third-order valence-electron chi connectivity index (χ3n) is 2.35. The summed E-state index contributed by atoms with van der Waals surface area (Å²) in [7, 11) is 0. The molecule has 2 nitrogen and oxygen atoms in total. The number of alkyl halides is 3. The van der Waals surface area contributed by atoms with Crippen molar-refractivity contribution in [2.45, 2.75) is 25.4 Å². The van der Waals surface area contributed by atoms with Gasteiger partial charge >= 0.3 is 6.18 Å². The van der Waals surface area contributed by atoms with Crippen molar-refractivity contribution in [2.75, 3.05) is 6.54 Å². The Balaban J connectivity index is 2.38. The summed E-state index contributed by atoms with van der Waals surface area (Å²) in [6.45, 7) is 0.0842. The maximum Gasteiger partial charge on any atom is 0.389 e. The Morgan fingerprint density at radius 1 is 1.26 bits per heavy atom. The first kappa shape index (κ1) is 15.9. The van der Waals surface area contributed by atoms with Crippen molar-refractivity contribution >= 4 is 21.8 Å². The van der Waals surface area contributed by atoms with Crippen LogP contribution in [0.4, 0.5) is 17.6 Å². The summed E-state index contributed by atoms with van der Waals surface area (Å²) in [6, 6.07) is 3.92. The monoisotopic (exact) mass is 341 g/mol. The van der Waals surface area contributed by atoms with E-state index in [1.54, 1.807) is 0 Å². The molecule has 0 spiro atoms. The molecular weight excluding hydrogens is 330 g/mol. The van der Waals surface area contributed by atoms with Crippen LogP contribution in [-0.4, -0.2) is 18.6 Å². The minimum atomic E-state index is -4.18. The summed E-state index contributed by atoms with van der Waals surface area (Å²) in [6.07, 6.45) is -4.93. The second kappa shape index (κ2) is 6.88. The molecule has 0 bridgehead atoms. The van der Waals surface area contributed by atoms with Gasteiger partial charge in [-0.1, -0.05) is 15.9 Å². The number of rotatable bonds is 5. The van der Waals surface area contributed by atoms with Crippen molar-refractivity contribution in [3.8, 4) is 0 Å². The summed E-state index contributed by atoms with van der Waals surface area (Å²) in [5, 5.41) is 2.39. The van der Waals surface area contributed by atoms with E-state index in [0.717, 1.165) is 6.07 Å². The van der Waals surface area contributed by atoms with E-state index in [4.69, 9.17) is 0 Å². The highest BCUT2D eigenvalue weighted by Gasteiger charge is 2.25. The Kier molecular flexibility index (Phi) is 5.78. The quantitative estimate of drug-likeness (QED) is 0.635. The first-order valence-electron chi connectivity index (χ1n) is 5.59. The number of benzene rings is 1. The second-order valence-corrected chi connectivity index (χ2v) is 4.87. The van der Waals surface area contributed by atoms with Crippen LogP contribution >= 0.6 is 15.9 Å². The molecule has 1 aromatic rings. The first-order chi connectivity index (χ1) is 8.79. The molecule has 0 heterocycles. The largest absolute Gasteiger partial charge is 0.389 e. The number of unbranched alkanes of at least 4 members (excludes halogenated alkanes) is 1. The molecule has 7 heteroatoms. The van der Waals surface area contributed by atoms with Crippen molar-refractivity contribution in [1.82, 2.24) is 5.32 Å². The zero-order chi connectivity index (χ0) is 14.5. The zero-order valence-corrected chi connectivity index (χ0v) is 11.4. The molecule has 0 radical (unpaired) electrons. The molecule has 106 valence electrons. The second-order valence-electron chi connectivity index (χ2n) is 3.95. The molecular formula is C12H12BrF4NO. The van der Waals surface area contributed by atoms with Crippen molar-refractivity contribution in [3.05, 3.63) is 34.1 Å². The van der Waals surface area contributed by atoms with Gasteiger partial charge in [-0.2, -0.15) is 13.2 Å². The van der Waals surface area contributed by atoms with Gasteiger partial charge in [0.05, 0.1) is 5.56 Å². The minimum Gasteiger partial charge on any atom is -0.352 e. The van der Waals surface area contributed by atoms with Crippen molar-refractivity contribution in [1.29, 1.82) is 0 Å². The molecule has 0 aliphatic rings. The molecule has 0 aliphatic heterocycles. The number of hydrogen-bond donors (Lipinski definition) is 1. The third-order valence-corrected chi connectivity index (χ3v) is 2.84. The van der Waals surface area contributed by atoms with E-state index in [9.17, 15) is 22.4 Å². The third kappa shape index (κ3) is 6.04. The predicted molar refractivity (Wildman–Crippen MR) is 66.3 cm³/mol. The number of carbonyl (C=O) groups is 1. The normalized spacial score (nSPS) is 11.4. The van der Waals surface area contributed by atoms with Crippen molar-refractivity contribution < 1.29 is 22.4 Å². The lowest BCUT2D eigenvalue weighted by Crippen LogP contribution is -2.25.